The molecule has 2 aliphatic heterocycles. The van der Waals surface area contributed by atoms with E-state index in [-0.39, 0.29) is 0 Å². The zero-order valence-electron chi connectivity index (χ0n) is 5.29. The third-order valence-electron chi connectivity index (χ3n) is 2.15. The Morgan fingerprint density at radius 1 is 1.56 bits per heavy atom. The number of nitrogens with two attached hydrogens (primary N) is 1. The molecule has 9 heavy (non-hydrogen) atoms. The molecule has 2 bridgehead atoms. The second-order valence-corrected chi connectivity index (χ2v) is 2.76. The summed E-state index contributed by atoms with van der Waals surface area (Å²) in [6.07, 6.45) is 6.14. The number of hydrogen-bond donors (Lipinski definition) is 1. The summed E-state index contributed by atoms with van der Waals surface area (Å²) < 4.78 is 5.48. The number of hydrogen-bond acceptors (Lipinski definition) is 2. The van der Waals surface area contributed by atoms with Gasteiger partial charge in [0.2, 0.25) is 0 Å². The first-order chi connectivity index (χ1) is 4.40. The molecule has 0 aromatic heterocycles. The van der Waals surface area contributed by atoms with Crippen LogP contribution in [0.25, 0.3) is 0 Å². The van der Waals surface area contributed by atoms with Gasteiger partial charge in [0, 0.05) is 5.92 Å². The van der Waals surface area contributed by atoms with E-state index in [0.29, 0.717) is 18.1 Å². The van der Waals surface area contributed by atoms with Crippen LogP contribution in [0, 0.1) is 5.92 Å². The average molecular weight is 125 g/mol. The Balaban J connectivity index is 2.10. The van der Waals surface area contributed by atoms with Crippen LogP contribution in [0.5, 0.6) is 0 Å². The third kappa shape index (κ3) is 0.705. The molecule has 0 amide bonds. The Labute approximate surface area is 54.7 Å². The van der Waals surface area contributed by atoms with E-state index in [4.69, 9.17) is 10.5 Å². The fourth-order valence-corrected chi connectivity index (χ4v) is 1.59. The van der Waals surface area contributed by atoms with Crippen LogP contribution in [0.2, 0.25) is 0 Å². The van der Waals surface area contributed by atoms with Crippen LogP contribution in [0.4, 0.5) is 0 Å². The van der Waals surface area contributed by atoms with Crippen molar-refractivity contribution >= 4 is 0 Å². The summed E-state index contributed by atoms with van der Waals surface area (Å²) in [5, 5.41) is 0. The predicted molar refractivity (Wildman–Crippen MR) is 35.0 cm³/mol. The zero-order chi connectivity index (χ0) is 6.27. The molecule has 0 radical (unpaired) electrons. The van der Waals surface area contributed by atoms with Crippen LogP contribution in [0.3, 0.4) is 0 Å². The molecule has 0 aliphatic carbocycles. The van der Waals surface area contributed by atoms with E-state index in [1.807, 2.05) is 0 Å². The first-order valence-corrected chi connectivity index (χ1v) is 3.44. The summed E-state index contributed by atoms with van der Waals surface area (Å²) in [6, 6.07) is 0. The van der Waals surface area contributed by atoms with Gasteiger partial charge in [-0.05, 0) is 13.0 Å². The topological polar surface area (TPSA) is 35.2 Å². The predicted octanol–water partition coefficient (Wildman–Crippen LogP) is 0.289. The molecule has 2 heteroatoms. The Kier molecular flexibility index (Phi) is 1.10. The molecular weight excluding hydrogens is 114 g/mol. The fraction of sp³-hybridized carbons (Fsp3) is 0.714. The van der Waals surface area contributed by atoms with E-state index in [0.717, 1.165) is 13.0 Å². The van der Waals surface area contributed by atoms with E-state index in [1.165, 1.54) is 0 Å². The summed E-state index contributed by atoms with van der Waals surface area (Å²) >= 11 is 0. The fourth-order valence-electron chi connectivity index (χ4n) is 1.59. The van der Waals surface area contributed by atoms with Crippen molar-refractivity contribution in [1.82, 2.24) is 0 Å². The van der Waals surface area contributed by atoms with Gasteiger partial charge in [0.05, 0.1) is 12.2 Å². The van der Waals surface area contributed by atoms with Crippen molar-refractivity contribution in [3.63, 3.8) is 0 Å². The van der Waals surface area contributed by atoms with Gasteiger partial charge < -0.3 is 10.5 Å². The van der Waals surface area contributed by atoms with Crippen molar-refractivity contribution < 1.29 is 4.74 Å². The molecule has 2 unspecified atom stereocenters. The van der Waals surface area contributed by atoms with Gasteiger partial charge in [-0.25, -0.2) is 0 Å². The highest BCUT2D eigenvalue weighted by Gasteiger charge is 2.35. The number of fused-ring (bicyclic) bond motifs is 2. The maximum Gasteiger partial charge on any atom is 0.0806 e. The molecule has 0 aromatic carbocycles. The number of rotatable bonds is 1. The normalized spacial score (nSPS) is 46.6. The zero-order valence-corrected chi connectivity index (χ0v) is 5.29. The molecular formula is C7H11NO. The standard InChI is InChI=1S/C7H11NO/c8-4-5-3-6-1-2-7(5)9-6/h1-2,5-7H,3-4,8H2/t5-,6?,7?/m0/s1. The van der Waals surface area contributed by atoms with Crippen molar-refractivity contribution in [1.29, 1.82) is 0 Å². The van der Waals surface area contributed by atoms with Crippen LogP contribution in [-0.4, -0.2) is 18.8 Å². The first kappa shape index (κ1) is 5.45. The van der Waals surface area contributed by atoms with Gasteiger partial charge in [-0.3, -0.25) is 0 Å². The van der Waals surface area contributed by atoms with Crippen LogP contribution in [0.1, 0.15) is 6.42 Å². The van der Waals surface area contributed by atoms with Crippen molar-refractivity contribution in [2.75, 3.05) is 6.54 Å². The smallest absolute Gasteiger partial charge is 0.0806 e. The lowest BCUT2D eigenvalue weighted by molar-refractivity contribution is 0.110. The van der Waals surface area contributed by atoms with E-state index < -0.39 is 0 Å². The third-order valence-corrected chi connectivity index (χ3v) is 2.15. The Bertz CT molecular complexity index is 144. The van der Waals surface area contributed by atoms with Crippen LogP contribution >= 0.6 is 0 Å². The van der Waals surface area contributed by atoms with E-state index in [9.17, 15) is 0 Å². The molecule has 50 valence electrons. The summed E-state index contributed by atoms with van der Waals surface area (Å²) in [5.41, 5.74) is 5.51. The molecule has 2 nitrogen and oxygen atoms in total. The maximum atomic E-state index is 5.51. The molecule has 0 spiro atoms. The van der Waals surface area contributed by atoms with Gasteiger partial charge in [0.15, 0.2) is 0 Å². The molecule has 1 saturated heterocycles. The lowest BCUT2D eigenvalue weighted by Gasteiger charge is -2.10. The second-order valence-electron chi connectivity index (χ2n) is 2.76. The molecule has 2 rings (SSSR count). The van der Waals surface area contributed by atoms with Gasteiger partial charge >= 0.3 is 0 Å². The molecule has 1 fully saturated rings. The monoisotopic (exact) mass is 125 g/mol. The quantitative estimate of drug-likeness (QED) is 0.511. The molecule has 0 aromatic rings. The number of ether oxygens (including phenoxy) is 1. The van der Waals surface area contributed by atoms with E-state index in [1.54, 1.807) is 0 Å². The first-order valence-electron chi connectivity index (χ1n) is 3.44. The van der Waals surface area contributed by atoms with Gasteiger partial charge in [-0.2, -0.15) is 0 Å². The van der Waals surface area contributed by atoms with Crippen molar-refractivity contribution in [3.8, 4) is 0 Å². The molecule has 2 N–H and O–H groups in total. The SMILES string of the molecule is NC[C@@H]1CC2C=CC1O2. The molecule has 2 aliphatic rings. The largest absolute Gasteiger partial charge is 0.367 e. The molecule has 2 heterocycles. The van der Waals surface area contributed by atoms with Crippen LogP contribution in [0.15, 0.2) is 12.2 Å². The maximum absolute atomic E-state index is 5.51. The van der Waals surface area contributed by atoms with Gasteiger partial charge in [-0.15, -0.1) is 0 Å². The van der Waals surface area contributed by atoms with Crippen molar-refractivity contribution in [3.05, 3.63) is 12.2 Å². The second kappa shape index (κ2) is 1.82. The van der Waals surface area contributed by atoms with Gasteiger partial charge in [-0.1, -0.05) is 12.2 Å². The molecule has 0 saturated carbocycles. The van der Waals surface area contributed by atoms with E-state index in [2.05, 4.69) is 12.2 Å². The minimum absolute atomic E-state index is 0.347. The Hall–Kier alpha value is -0.340. The Morgan fingerprint density at radius 2 is 2.44 bits per heavy atom. The average Bonchev–Trinajstić information content (AvgIpc) is 2.45. The van der Waals surface area contributed by atoms with Gasteiger partial charge in [0.1, 0.15) is 0 Å². The van der Waals surface area contributed by atoms with Crippen LogP contribution < -0.4 is 5.73 Å². The lowest BCUT2D eigenvalue weighted by atomic mass is 9.95. The van der Waals surface area contributed by atoms with Crippen molar-refractivity contribution in [2.24, 2.45) is 11.7 Å². The lowest BCUT2D eigenvalue weighted by Crippen LogP contribution is -2.22. The highest BCUT2D eigenvalue weighted by atomic mass is 16.5. The minimum atomic E-state index is 0.347. The van der Waals surface area contributed by atoms with Crippen LogP contribution in [-0.2, 0) is 4.74 Å². The summed E-state index contributed by atoms with van der Waals surface area (Å²) in [5.74, 6) is 0.597. The van der Waals surface area contributed by atoms with E-state index >= 15 is 0 Å². The molecule has 3 atom stereocenters. The van der Waals surface area contributed by atoms with Gasteiger partial charge in [0.25, 0.3) is 0 Å². The minimum Gasteiger partial charge on any atom is -0.367 e. The summed E-state index contributed by atoms with van der Waals surface area (Å²) in [6.45, 7) is 0.769. The Morgan fingerprint density at radius 3 is 2.78 bits per heavy atom. The van der Waals surface area contributed by atoms with Crippen molar-refractivity contribution in [2.45, 2.75) is 18.6 Å². The highest BCUT2D eigenvalue weighted by Crippen LogP contribution is 2.32. The summed E-state index contributed by atoms with van der Waals surface area (Å²) in [7, 11) is 0. The highest BCUT2D eigenvalue weighted by molar-refractivity contribution is 5.10. The summed E-state index contributed by atoms with van der Waals surface area (Å²) in [4.78, 5) is 0.